The topological polar surface area (TPSA) is 113 Å². The number of benzene rings is 1. The van der Waals surface area contributed by atoms with Crippen molar-refractivity contribution >= 4 is 11.9 Å². The predicted molar refractivity (Wildman–Crippen MR) is 78.8 cm³/mol. The smallest absolute Gasteiger partial charge is 0.326 e. The molecule has 0 bridgehead atoms. The van der Waals surface area contributed by atoms with Crippen LogP contribution in [-0.2, 0) is 16.0 Å². The van der Waals surface area contributed by atoms with Gasteiger partial charge in [0.2, 0.25) is 5.91 Å². The van der Waals surface area contributed by atoms with E-state index in [0.717, 1.165) is 12.0 Å². The largest absolute Gasteiger partial charge is 0.508 e. The van der Waals surface area contributed by atoms with E-state index in [0.29, 0.717) is 13.0 Å². The Bertz CT molecular complexity index is 473. The van der Waals surface area contributed by atoms with E-state index in [-0.39, 0.29) is 24.0 Å². The van der Waals surface area contributed by atoms with Gasteiger partial charge in [0, 0.05) is 12.3 Å². The molecule has 2 atom stereocenters. The molecule has 1 rings (SSSR count). The molecule has 116 valence electrons. The predicted octanol–water partition coefficient (Wildman–Crippen LogP) is 0.879. The zero-order valence-electron chi connectivity index (χ0n) is 12.1. The Kier molecular flexibility index (Phi) is 6.68. The molecule has 1 aromatic carbocycles. The third kappa shape index (κ3) is 5.83. The normalized spacial score (nSPS) is 13.4. The highest BCUT2D eigenvalue weighted by atomic mass is 16.4. The number of carbonyl (C=O) groups excluding carboxylic acids is 1. The lowest BCUT2D eigenvalue weighted by atomic mass is 10.0. The monoisotopic (exact) mass is 294 g/mol. The Labute approximate surface area is 124 Å². The lowest BCUT2D eigenvalue weighted by Gasteiger charge is -2.18. The lowest BCUT2D eigenvalue weighted by molar-refractivity contribution is -0.142. The Morgan fingerprint density at radius 2 is 1.90 bits per heavy atom. The summed E-state index contributed by atoms with van der Waals surface area (Å²) in [7, 11) is 0. The Morgan fingerprint density at radius 1 is 1.29 bits per heavy atom. The van der Waals surface area contributed by atoms with E-state index >= 15 is 0 Å². The van der Waals surface area contributed by atoms with E-state index in [4.69, 9.17) is 5.73 Å². The average molecular weight is 294 g/mol. The number of carbonyl (C=O) groups is 2. The molecule has 0 heterocycles. The van der Waals surface area contributed by atoms with Crippen molar-refractivity contribution in [1.82, 2.24) is 5.32 Å². The minimum absolute atomic E-state index is 0.116. The molecule has 0 aliphatic carbocycles. The van der Waals surface area contributed by atoms with Crippen LogP contribution in [0, 0.1) is 5.92 Å². The molecule has 0 saturated carbocycles. The number of phenolic OH excluding ortho intramolecular Hbond substituents is 1. The summed E-state index contributed by atoms with van der Waals surface area (Å²) in [5.74, 6) is -1.52. The van der Waals surface area contributed by atoms with E-state index in [1.807, 2.05) is 0 Å². The van der Waals surface area contributed by atoms with Crippen molar-refractivity contribution in [2.75, 3.05) is 6.54 Å². The summed E-state index contributed by atoms with van der Waals surface area (Å²) in [4.78, 5) is 23.2. The number of aliphatic carboxylic acids is 1. The van der Waals surface area contributed by atoms with Gasteiger partial charge in [0.05, 0.1) is 0 Å². The number of rotatable bonds is 8. The third-order valence-electron chi connectivity index (χ3n) is 3.28. The molecule has 0 aliphatic rings. The first-order valence-corrected chi connectivity index (χ1v) is 6.95. The maximum absolute atomic E-state index is 12.0. The molecule has 6 heteroatoms. The average Bonchev–Trinajstić information content (AvgIpc) is 2.45. The van der Waals surface area contributed by atoms with Crippen LogP contribution < -0.4 is 11.1 Å². The van der Waals surface area contributed by atoms with E-state index < -0.39 is 12.0 Å². The van der Waals surface area contributed by atoms with Crippen LogP contribution in [0.25, 0.3) is 0 Å². The highest BCUT2D eigenvalue weighted by molar-refractivity contribution is 5.84. The first kappa shape index (κ1) is 17.0. The van der Waals surface area contributed by atoms with Gasteiger partial charge in [-0.3, -0.25) is 4.79 Å². The van der Waals surface area contributed by atoms with E-state index in [9.17, 15) is 19.8 Å². The number of hydrogen-bond donors (Lipinski definition) is 4. The summed E-state index contributed by atoms with van der Waals surface area (Å²) >= 11 is 0. The first-order valence-electron chi connectivity index (χ1n) is 6.95. The second kappa shape index (κ2) is 8.26. The number of phenols is 1. The molecule has 0 spiro atoms. The first-order chi connectivity index (χ1) is 9.93. The molecular formula is C15H22N2O4. The highest BCUT2D eigenvalue weighted by Crippen LogP contribution is 2.12. The van der Waals surface area contributed by atoms with Gasteiger partial charge in [-0.25, -0.2) is 4.79 Å². The van der Waals surface area contributed by atoms with Crippen LogP contribution in [-0.4, -0.2) is 34.7 Å². The summed E-state index contributed by atoms with van der Waals surface area (Å²) in [5.41, 5.74) is 6.13. The Morgan fingerprint density at radius 3 is 2.43 bits per heavy atom. The van der Waals surface area contributed by atoms with E-state index in [1.54, 1.807) is 19.1 Å². The second-order valence-electron chi connectivity index (χ2n) is 5.10. The Hall–Kier alpha value is -2.08. The molecule has 6 nitrogen and oxygen atoms in total. The number of hydrogen-bond acceptors (Lipinski definition) is 4. The fourth-order valence-electron chi connectivity index (χ4n) is 1.94. The van der Waals surface area contributed by atoms with Gasteiger partial charge in [-0.2, -0.15) is 0 Å². The van der Waals surface area contributed by atoms with Crippen molar-refractivity contribution in [3.8, 4) is 5.75 Å². The van der Waals surface area contributed by atoms with Crippen LogP contribution in [0.15, 0.2) is 24.3 Å². The summed E-state index contributed by atoms with van der Waals surface area (Å²) in [6, 6.07) is 5.26. The molecule has 0 saturated heterocycles. The number of amides is 1. The molecular weight excluding hydrogens is 272 g/mol. The van der Waals surface area contributed by atoms with Gasteiger partial charge in [-0.05, 0) is 37.1 Å². The molecule has 1 amide bonds. The standard InChI is InChI=1S/C15H22N2O4/c1-10(3-2-8-16)14(19)17-13(15(20)21)9-11-4-6-12(18)7-5-11/h4-7,10,13,18H,2-3,8-9,16H2,1H3,(H,17,19)(H,20,21)/t10?,13-/m0/s1. The fraction of sp³-hybridized carbons (Fsp3) is 0.467. The SMILES string of the molecule is CC(CCCN)C(=O)N[C@@H](Cc1ccc(O)cc1)C(=O)O. The molecule has 1 aromatic rings. The summed E-state index contributed by atoms with van der Waals surface area (Å²) < 4.78 is 0. The number of carboxylic acid groups (broad SMARTS) is 1. The fourth-order valence-corrected chi connectivity index (χ4v) is 1.94. The number of carboxylic acids is 1. The van der Waals surface area contributed by atoms with Crippen molar-refractivity contribution in [3.63, 3.8) is 0 Å². The summed E-state index contributed by atoms with van der Waals surface area (Å²) in [6.07, 6.45) is 1.53. The Balaban J connectivity index is 2.63. The van der Waals surface area contributed by atoms with Crippen molar-refractivity contribution in [2.45, 2.75) is 32.2 Å². The number of aromatic hydroxyl groups is 1. The highest BCUT2D eigenvalue weighted by Gasteiger charge is 2.23. The van der Waals surface area contributed by atoms with Crippen LogP contribution in [0.4, 0.5) is 0 Å². The molecule has 0 aliphatic heterocycles. The zero-order chi connectivity index (χ0) is 15.8. The van der Waals surface area contributed by atoms with Crippen LogP contribution in [0.2, 0.25) is 0 Å². The quantitative estimate of drug-likeness (QED) is 0.568. The minimum atomic E-state index is -1.08. The van der Waals surface area contributed by atoms with Crippen molar-refractivity contribution < 1.29 is 19.8 Å². The van der Waals surface area contributed by atoms with Crippen LogP contribution in [0.1, 0.15) is 25.3 Å². The molecule has 5 N–H and O–H groups in total. The van der Waals surface area contributed by atoms with Gasteiger partial charge < -0.3 is 21.3 Å². The van der Waals surface area contributed by atoms with Gasteiger partial charge in [0.15, 0.2) is 0 Å². The maximum Gasteiger partial charge on any atom is 0.326 e. The van der Waals surface area contributed by atoms with E-state index in [1.165, 1.54) is 12.1 Å². The molecule has 0 radical (unpaired) electrons. The minimum Gasteiger partial charge on any atom is -0.508 e. The summed E-state index contributed by atoms with van der Waals surface area (Å²) in [6.45, 7) is 2.26. The number of nitrogens with one attached hydrogen (secondary N) is 1. The number of nitrogens with two attached hydrogens (primary N) is 1. The van der Waals surface area contributed by atoms with Gasteiger partial charge >= 0.3 is 5.97 Å². The molecule has 0 aromatic heterocycles. The summed E-state index contributed by atoms with van der Waals surface area (Å²) in [5, 5.41) is 21.0. The van der Waals surface area contributed by atoms with E-state index in [2.05, 4.69) is 5.32 Å². The molecule has 21 heavy (non-hydrogen) atoms. The van der Waals surface area contributed by atoms with Gasteiger partial charge in [-0.1, -0.05) is 19.1 Å². The van der Waals surface area contributed by atoms with Gasteiger partial charge in [0.1, 0.15) is 11.8 Å². The van der Waals surface area contributed by atoms with Crippen molar-refractivity contribution in [1.29, 1.82) is 0 Å². The molecule has 0 fully saturated rings. The van der Waals surface area contributed by atoms with Crippen LogP contribution in [0.3, 0.4) is 0 Å². The van der Waals surface area contributed by atoms with Crippen molar-refractivity contribution in [2.24, 2.45) is 11.7 Å². The lowest BCUT2D eigenvalue weighted by Crippen LogP contribution is -2.44. The molecule has 1 unspecified atom stereocenters. The zero-order valence-corrected chi connectivity index (χ0v) is 12.1. The van der Waals surface area contributed by atoms with Crippen LogP contribution in [0.5, 0.6) is 5.75 Å². The third-order valence-corrected chi connectivity index (χ3v) is 3.28. The second-order valence-corrected chi connectivity index (χ2v) is 5.10. The van der Waals surface area contributed by atoms with Crippen LogP contribution >= 0.6 is 0 Å². The van der Waals surface area contributed by atoms with Gasteiger partial charge in [-0.15, -0.1) is 0 Å². The maximum atomic E-state index is 12.0. The van der Waals surface area contributed by atoms with Crippen molar-refractivity contribution in [3.05, 3.63) is 29.8 Å². The van der Waals surface area contributed by atoms with Gasteiger partial charge in [0.25, 0.3) is 0 Å².